The molecule has 3 aromatic carbocycles. The lowest BCUT2D eigenvalue weighted by molar-refractivity contribution is -0.117. The molecule has 0 aromatic heterocycles. The first-order valence-corrected chi connectivity index (χ1v) is 11.6. The maximum Gasteiger partial charge on any atom is 0.258 e. The van der Waals surface area contributed by atoms with Gasteiger partial charge in [0.25, 0.3) is 5.91 Å². The van der Waals surface area contributed by atoms with E-state index in [2.05, 4.69) is 27.7 Å². The highest BCUT2D eigenvalue weighted by Gasteiger charge is 2.38. The molecule has 4 heteroatoms. The lowest BCUT2D eigenvalue weighted by atomic mass is 9.86. The summed E-state index contributed by atoms with van der Waals surface area (Å²) < 4.78 is 0. The van der Waals surface area contributed by atoms with Crippen molar-refractivity contribution in [3.05, 3.63) is 95.6 Å². The van der Waals surface area contributed by atoms with Crippen molar-refractivity contribution in [2.75, 3.05) is 9.80 Å². The van der Waals surface area contributed by atoms with Crippen molar-refractivity contribution in [3.8, 4) is 0 Å². The van der Waals surface area contributed by atoms with E-state index in [9.17, 15) is 9.59 Å². The van der Waals surface area contributed by atoms with Crippen LogP contribution in [0.15, 0.2) is 78.9 Å². The van der Waals surface area contributed by atoms with Crippen LogP contribution in [0.25, 0.3) is 0 Å². The molecule has 1 aliphatic rings. The van der Waals surface area contributed by atoms with Crippen LogP contribution in [0.1, 0.15) is 68.6 Å². The fraction of sp³-hybridized carbons (Fsp3) is 0.310. The van der Waals surface area contributed by atoms with Gasteiger partial charge in [0.05, 0.1) is 6.04 Å². The Labute approximate surface area is 196 Å². The Hall–Kier alpha value is -3.40. The average Bonchev–Trinajstić information content (AvgIpc) is 2.79. The highest BCUT2D eigenvalue weighted by atomic mass is 16.2. The molecule has 170 valence electrons. The lowest BCUT2D eigenvalue weighted by Gasteiger charge is -2.43. The molecule has 0 bridgehead atoms. The van der Waals surface area contributed by atoms with Crippen molar-refractivity contribution in [2.45, 2.75) is 58.5 Å². The molecular formula is C29H32N2O2. The van der Waals surface area contributed by atoms with Gasteiger partial charge in [-0.2, -0.15) is 0 Å². The van der Waals surface area contributed by atoms with Gasteiger partial charge in [0.1, 0.15) is 0 Å². The maximum atomic E-state index is 13.7. The number of para-hydroxylation sites is 2. The van der Waals surface area contributed by atoms with E-state index in [-0.39, 0.29) is 29.3 Å². The molecule has 2 amide bonds. The van der Waals surface area contributed by atoms with E-state index in [0.29, 0.717) is 12.0 Å². The smallest absolute Gasteiger partial charge is 0.258 e. The SMILES string of the molecule is CC(=O)N(c1ccccc1)[C@@H]1C[C@@H](C)N(C(=O)c2ccc(C(C)(C)C)cc2)c2ccccc21. The molecule has 1 heterocycles. The summed E-state index contributed by atoms with van der Waals surface area (Å²) in [6.07, 6.45) is 0.664. The first-order chi connectivity index (χ1) is 15.7. The summed E-state index contributed by atoms with van der Waals surface area (Å²) in [6.45, 7) is 10.2. The summed E-state index contributed by atoms with van der Waals surface area (Å²) in [5.74, 6) is -0.0197. The van der Waals surface area contributed by atoms with Crippen molar-refractivity contribution in [2.24, 2.45) is 0 Å². The molecule has 0 saturated carbocycles. The fourth-order valence-corrected chi connectivity index (χ4v) is 4.76. The normalized spacial score (nSPS) is 17.9. The van der Waals surface area contributed by atoms with E-state index < -0.39 is 0 Å². The highest BCUT2D eigenvalue weighted by molar-refractivity contribution is 6.07. The van der Waals surface area contributed by atoms with E-state index in [1.54, 1.807) is 6.92 Å². The molecule has 4 rings (SSSR count). The Bertz CT molecular complexity index is 1150. The Kier molecular flexibility index (Phi) is 6.11. The number of fused-ring (bicyclic) bond motifs is 1. The average molecular weight is 441 g/mol. The second kappa shape index (κ2) is 8.86. The van der Waals surface area contributed by atoms with E-state index >= 15 is 0 Å². The van der Waals surface area contributed by atoms with Gasteiger partial charge in [-0.25, -0.2) is 0 Å². The van der Waals surface area contributed by atoms with Gasteiger partial charge in [0, 0.05) is 29.9 Å². The summed E-state index contributed by atoms with van der Waals surface area (Å²) in [5.41, 5.74) is 4.64. The molecule has 0 saturated heterocycles. The first-order valence-electron chi connectivity index (χ1n) is 11.6. The van der Waals surface area contributed by atoms with Gasteiger partial charge in [-0.05, 0) is 60.2 Å². The monoisotopic (exact) mass is 440 g/mol. The van der Waals surface area contributed by atoms with E-state index in [0.717, 1.165) is 16.9 Å². The molecule has 3 aromatic rings. The third-order valence-electron chi connectivity index (χ3n) is 6.46. The molecule has 0 N–H and O–H groups in total. The Morgan fingerprint density at radius 3 is 2.09 bits per heavy atom. The molecular weight excluding hydrogens is 408 g/mol. The highest BCUT2D eigenvalue weighted by Crippen LogP contribution is 2.42. The molecule has 4 nitrogen and oxygen atoms in total. The number of nitrogens with zero attached hydrogens (tertiary/aromatic N) is 2. The number of hydrogen-bond donors (Lipinski definition) is 0. The molecule has 1 aliphatic heterocycles. The van der Waals surface area contributed by atoms with Crippen LogP contribution in [0.2, 0.25) is 0 Å². The Balaban J connectivity index is 1.73. The number of hydrogen-bond acceptors (Lipinski definition) is 2. The van der Waals surface area contributed by atoms with Gasteiger partial charge in [-0.15, -0.1) is 0 Å². The predicted molar refractivity (Wildman–Crippen MR) is 135 cm³/mol. The number of rotatable bonds is 3. The van der Waals surface area contributed by atoms with Gasteiger partial charge in [-0.1, -0.05) is 69.3 Å². The molecule has 0 fully saturated rings. The van der Waals surface area contributed by atoms with Crippen LogP contribution >= 0.6 is 0 Å². The molecule has 0 radical (unpaired) electrons. The van der Waals surface area contributed by atoms with Crippen LogP contribution in [-0.2, 0) is 10.2 Å². The van der Waals surface area contributed by atoms with Crippen LogP contribution in [0.3, 0.4) is 0 Å². The molecule has 2 atom stereocenters. The number of carbonyl (C=O) groups excluding carboxylic acids is 2. The fourth-order valence-electron chi connectivity index (χ4n) is 4.76. The summed E-state index contributed by atoms with van der Waals surface area (Å²) in [5, 5.41) is 0. The number of amides is 2. The Morgan fingerprint density at radius 1 is 0.879 bits per heavy atom. The van der Waals surface area contributed by atoms with Gasteiger partial charge >= 0.3 is 0 Å². The molecule has 0 spiro atoms. The molecule has 0 aliphatic carbocycles. The van der Waals surface area contributed by atoms with Gasteiger partial charge in [0.15, 0.2) is 0 Å². The standard InChI is InChI=1S/C29H32N2O2/c1-20-19-27(31(21(2)32)24-11-7-6-8-12-24)25-13-9-10-14-26(25)30(20)28(33)22-15-17-23(18-16-22)29(3,4)5/h6-18,20,27H,19H2,1-5H3/t20-,27-/m1/s1. The van der Waals surface area contributed by atoms with Crippen LogP contribution in [0, 0.1) is 0 Å². The van der Waals surface area contributed by atoms with Gasteiger partial charge in [0.2, 0.25) is 5.91 Å². The number of carbonyl (C=O) groups is 2. The van der Waals surface area contributed by atoms with Crippen LogP contribution in [-0.4, -0.2) is 17.9 Å². The minimum absolute atomic E-state index is 0.00857. The largest absolute Gasteiger partial charge is 0.305 e. The van der Waals surface area contributed by atoms with Crippen LogP contribution in [0.5, 0.6) is 0 Å². The lowest BCUT2D eigenvalue weighted by Crippen LogP contribution is -2.47. The van der Waals surface area contributed by atoms with Crippen molar-refractivity contribution < 1.29 is 9.59 Å². The summed E-state index contributed by atoms with van der Waals surface area (Å²) in [6, 6.07) is 25.5. The molecule has 0 unspecified atom stereocenters. The van der Waals surface area contributed by atoms with E-state index in [1.165, 1.54) is 5.56 Å². The zero-order valence-electron chi connectivity index (χ0n) is 20.1. The minimum Gasteiger partial charge on any atom is -0.305 e. The predicted octanol–water partition coefficient (Wildman–Crippen LogP) is 6.52. The minimum atomic E-state index is -0.136. The summed E-state index contributed by atoms with van der Waals surface area (Å²) in [4.78, 5) is 30.2. The third kappa shape index (κ3) is 4.43. The molecule has 33 heavy (non-hydrogen) atoms. The third-order valence-corrected chi connectivity index (χ3v) is 6.46. The number of anilines is 2. The van der Waals surface area contributed by atoms with Crippen molar-refractivity contribution in [3.63, 3.8) is 0 Å². The van der Waals surface area contributed by atoms with E-state index in [1.807, 2.05) is 88.7 Å². The van der Waals surface area contributed by atoms with Crippen LogP contribution < -0.4 is 9.80 Å². The quantitative estimate of drug-likeness (QED) is 0.465. The summed E-state index contributed by atoms with van der Waals surface area (Å²) >= 11 is 0. The Morgan fingerprint density at radius 2 is 1.48 bits per heavy atom. The van der Waals surface area contributed by atoms with Gasteiger partial charge in [-0.3, -0.25) is 9.59 Å². The van der Waals surface area contributed by atoms with E-state index in [4.69, 9.17) is 0 Å². The second-order valence-electron chi connectivity index (χ2n) is 9.89. The van der Waals surface area contributed by atoms with Crippen molar-refractivity contribution in [1.29, 1.82) is 0 Å². The summed E-state index contributed by atoms with van der Waals surface area (Å²) in [7, 11) is 0. The number of benzene rings is 3. The van der Waals surface area contributed by atoms with Crippen LogP contribution in [0.4, 0.5) is 11.4 Å². The second-order valence-corrected chi connectivity index (χ2v) is 9.89. The zero-order valence-corrected chi connectivity index (χ0v) is 20.1. The zero-order chi connectivity index (χ0) is 23.8. The van der Waals surface area contributed by atoms with Crippen molar-refractivity contribution in [1.82, 2.24) is 0 Å². The topological polar surface area (TPSA) is 40.6 Å². The van der Waals surface area contributed by atoms with Gasteiger partial charge < -0.3 is 9.80 Å². The first kappa shape index (κ1) is 22.8. The van der Waals surface area contributed by atoms with Crippen molar-refractivity contribution >= 4 is 23.2 Å². The maximum absolute atomic E-state index is 13.7.